The number of hydrogen-bond donors (Lipinski definition) is 3. The fourth-order valence-corrected chi connectivity index (χ4v) is 8.71. The van der Waals surface area contributed by atoms with E-state index in [0.717, 1.165) is 22.5 Å². The van der Waals surface area contributed by atoms with Gasteiger partial charge in [0.15, 0.2) is 11.6 Å². The Morgan fingerprint density at radius 3 is 1.52 bits per heavy atom. The van der Waals surface area contributed by atoms with Gasteiger partial charge < -0.3 is 15.7 Å². The van der Waals surface area contributed by atoms with Crippen molar-refractivity contribution in [2.75, 3.05) is 20.4 Å². The van der Waals surface area contributed by atoms with Crippen LogP contribution in [0.3, 0.4) is 0 Å². The van der Waals surface area contributed by atoms with Crippen molar-refractivity contribution in [1.82, 2.24) is 0 Å². The maximum absolute atomic E-state index is 12.9. The number of carbonyl (C=O) groups is 4. The van der Waals surface area contributed by atoms with Gasteiger partial charge in [0.05, 0.1) is 16.9 Å². The summed E-state index contributed by atoms with van der Waals surface area (Å²) >= 11 is 24.1. The lowest BCUT2D eigenvalue weighted by Gasteiger charge is -2.17. The van der Waals surface area contributed by atoms with Crippen molar-refractivity contribution in [1.29, 1.82) is 0 Å². The molecule has 0 saturated carbocycles. The van der Waals surface area contributed by atoms with Crippen molar-refractivity contribution in [3.05, 3.63) is 113 Å². The molecule has 0 aromatic heterocycles. The molecule has 2 atom stereocenters. The van der Waals surface area contributed by atoms with Crippen LogP contribution in [0.5, 0.6) is 5.75 Å². The van der Waals surface area contributed by atoms with Crippen molar-refractivity contribution in [3.63, 3.8) is 0 Å². The molecule has 2 unspecified atom stereocenters. The maximum Gasteiger partial charge on any atom is 0.253 e. The van der Waals surface area contributed by atoms with Crippen molar-refractivity contribution in [2.45, 2.75) is 45.6 Å². The first-order valence-electron chi connectivity index (χ1n) is 15.9. The van der Waals surface area contributed by atoms with E-state index in [0.29, 0.717) is 30.6 Å². The number of Topliss-reactive ketones (excluding diaryl/α,β-unsaturated/α-hetero) is 2. The van der Waals surface area contributed by atoms with E-state index < -0.39 is 10.5 Å². The molecule has 2 fully saturated rings. The molecule has 0 bridgehead atoms. The molecule has 278 valence electrons. The summed E-state index contributed by atoms with van der Waals surface area (Å²) in [6.45, 7) is 6.80. The summed E-state index contributed by atoms with van der Waals surface area (Å²) in [5.74, 6) is -0.735. The maximum atomic E-state index is 12.9. The normalized spacial score (nSPS) is 16.3. The number of aryl methyl sites for hydroxylation is 2. The summed E-state index contributed by atoms with van der Waals surface area (Å²) in [6, 6.07) is 26.7. The van der Waals surface area contributed by atoms with Gasteiger partial charge in [-0.3, -0.25) is 29.0 Å². The number of phenols is 1. The smallest absolute Gasteiger partial charge is 0.253 e. The molecule has 2 aliphatic heterocycles. The SMILES string of the molecule is C.CC(=O)c1ccc(NC(=S)C2SC(=S)N(c3cccc(C)c3)C2=O)cc1.CC(=O)c1ccc(NC(=S)C2SC(=S)N(c3cccc(C)c3)C2=O)cc1O. The van der Waals surface area contributed by atoms with Crippen LogP contribution in [0.15, 0.2) is 91.0 Å². The lowest BCUT2D eigenvalue weighted by atomic mass is 10.1. The summed E-state index contributed by atoms with van der Waals surface area (Å²) in [6.07, 6.45) is 0. The molecule has 2 saturated heterocycles. The van der Waals surface area contributed by atoms with E-state index in [9.17, 15) is 24.3 Å². The van der Waals surface area contributed by atoms with Gasteiger partial charge in [-0.15, -0.1) is 0 Å². The summed E-state index contributed by atoms with van der Waals surface area (Å²) in [5.41, 5.74) is 5.62. The molecule has 0 aliphatic carbocycles. The average molecular weight is 833 g/mol. The number of phenolic OH excluding ortho intramolecular Hbond substituents is 1. The molecular weight excluding hydrogens is 797 g/mol. The highest BCUT2D eigenvalue weighted by molar-refractivity contribution is 8.26. The topological polar surface area (TPSA) is 119 Å². The number of hydrogen-bond acceptors (Lipinski definition) is 11. The molecule has 2 heterocycles. The Bertz CT molecular complexity index is 2190. The highest BCUT2D eigenvalue weighted by Gasteiger charge is 2.41. The number of benzene rings is 4. The summed E-state index contributed by atoms with van der Waals surface area (Å²) < 4.78 is 0.927. The van der Waals surface area contributed by atoms with Crippen LogP contribution in [-0.4, -0.2) is 57.6 Å². The zero-order valence-electron chi connectivity index (χ0n) is 28.7. The number of rotatable bonds is 8. The van der Waals surface area contributed by atoms with E-state index in [4.69, 9.17) is 48.9 Å². The van der Waals surface area contributed by atoms with Gasteiger partial charge in [0.25, 0.3) is 11.8 Å². The van der Waals surface area contributed by atoms with Crippen molar-refractivity contribution < 1.29 is 24.3 Å². The zero-order chi connectivity index (χ0) is 38.6. The predicted octanol–water partition coefficient (Wildman–Crippen LogP) is 9.08. The van der Waals surface area contributed by atoms with E-state index in [1.807, 2.05) is 62.4 Å². The van der Waals surface area contributed by atoms with Crippen molar-refractivity contribution >= 4 is 137 Å². The first kappa shape index (κ1) is 42.4. The molecule has 4 aromatic carbocycles. The van der Waals surface area contributed by atoms with E-state index in [1.165, 1.54) is 59.3 Å². The molecule has 0 radical (unpaired) electrons. The molecule has 15 heteroatoms. The number of ketones is 2. The minimum Gasteiger partial charge on any atom is -0.507 e. The van der Waals surface area contributed by atoms with Gasteiger partial charge in [-0.1, -0.05) is 104 Å². The minimum atomic E-state index is -0.650. The van der Waals surface area contributed by atoms with E-state index >= 15 is 0 Å². The fourth-order valence-electron chi connectivity index (χ4n) is 5.26. The summed E-state index contributed by atoms with van der Waals surface area (Å²) in [7, 11) is 0. The molecule has 54 heavy (non-hydrogen) atoms. The van der Waals surface area contributed by atoms with Gasteiger partial charge in [0, 0.05) is 23.0 Å². The largest absolute Gasteiger partial charge is 0.507 e. The quantitative estimate of drug-likeness (QED) is 0.116. The zero-order valence-corrected chi connectivity index (χ0v) is 33.6. The lowest BCUT2D eigenvalue weighted by Crippen LogP contribution is -2.36. The fraction of sp³-hybridized carbons (Fsp3) is 0.179. The van der Waals surface area contributed by atoms with Crippen LogP contribution in [0.2, 0.25) is 0 Å². The van der Waals surface area contributed by atoms with E-state index in [1.54, 1.807) is 30.3 Å². The summed E-state index contributed by atoms with van der Waals surface area (Å²) in [4.78, 5) is 52.2. The minimum absolute atomic E-state index is 0. The van der Waals surface area contributed by atoms with Crippen LogP contribution < -0.4 is 20.4 Å². The van der Waals surface area contributed by atoms with Crippen LogP contribution in [0.25, 0.3) is 0 Å². The highest BCUT2D eigenvalue weighted by Crippen LogP contribution is 2.35. The molecule has 6 rings (SSSR count). The van der Waals surface area contributed by atoms with Gasteiger partial charge in [0.2, 0.25) is 0 Å². The van der Waals surface area contributed by atoms with Gasteiger partial charge in [-0.05, 0) is 99.5 Å². The third-order valence-corrected chi connectivity index (χ3v) is 11.9. The van der Waals surface area contributed by atoms with Crippen LogP contribution in [0.4, 0.5) is 22.7 Å². The van der Waals surface area contributed by atoms with Gasteiger partial charge >= 0.3 is 0 Å². The molecule has 2 amide bonds. The van der Waals surface area contributed by atoms with Crippen LogP contribution in [0, 0.1) is 13.8 Å². The Balaban J connectivity index is 0.000000236. The molecule has 0 spiro atoms. The Morgan fingerprint density at radius 2 is 1.11 bits per heavy atom. The van der Waals surface area contributed by atoms with Crippen molar-refractivity contribution in [3.8, 4) is 5.75 Å². The second kappa shape index (κ2) is 18.3. The number of carbonyl (C=O) groups excluding carboxylic acids is 4. The van der Waals surface area contributed by atoms with Crippen molar-refractivity contribution in [2.24, 2.45) is 0 Å². The number of thiocarbonyl (C=S) groups is 4. The first-order valence-corrected chi connectivity index (χ1v) is 19.3. The van der Waals surface area contributed by atoms with Crippen LogP contribution >= 0.6 is 72.4 Å². The standard InChI is InChI=1S/C19H16N2O3S3.C19H16N2O2S3.CH4/c1-10-4-3-5-13(8-10)21-18(24)16(27-19(21)26)17(25)20-12-6-7-14(11(2)22)15(23)9-12;1-11-4-3-5-15(10-11)21-18(23)16(26-19(21)25)17(24)20-14-8-6-13(7-9-14)12(2)22;/h3-9,16,23H,1-2H3,(H,20,25);3-10,16H,1-2H3,(H,20,24);1H4. The monoisotopic (exact) mass is 832 g/mol. The number of nitrogens with zero attached hydrogens (tertiary/aromatic N) is 2. The third kappa shape index (κ3) is 9.83. The van der Waals surface area contributed by atoms with Crippen LogP contribution in [-0.2, 0) is 9.59 Å². The molecule has 9 nitrogen and oxygen atoms in total. The Kier molecular flexibility index (Phi) is 14.4. The van der Waals surface area contributed by atoms with E-state index in [-0.39, 0.29) is 47.1 Å². The van der Waals surface area contributed by atoms with Gasteiger partial charge in [0.1, 0.15) is 34.9 Å². The van der Waals surface area contributed by atoms with Gasteiger partial charge in [-0.25, -0.2) is 0 Å². The number of nitrogens with one attached hydrogen (secondary N) is 2. The number of thioether (sulfide) groups is 2. The third-order valence-electron chi connectivity index (χ3n) is 7.89. The van der Waals surface area contributed by atoms with Crippen LogP contribution in [0.1, 0.15) is 53.1 Å². The molecule has 3 N–H and O–H groups in total. The van der Waals surface area contributed by atoms with E-state index in [2.05, 4.69) is 10.6 Å². The Morgan fingerprint density at radius 1 is 0.667 bits per heavy atom. The second-order valence-electron chi connectivity index (χ2n) is 12.0. The highest BCUT2D eigenvalue weighted by atomic mass is 32.2. The predicted molar refractivity (Wildman–Crippen MR) is 239 cm³/mol. The summed E-state index contributed by atoms with van der Waals surface area (Å²) in [5, 5.41) is 14.8. The Labute approximate surface area is 344 Å². The number of anilines is 4. The van der Waals surface area contributed by atoms with Gasteiger partial charge in [-0.2, -0.15) is 0 Å². The molecular formula is C39H36N4O5S6. The molecule has 2 aliphatic rings. The first-order chi connectivity index (χ1) is 25.1. The second-order valence-corrected chi connectivity index (χ2v) is 16.3. The lowest BCUT2D eigenvalue weighted by molar-refractivity contribution is -0.116. The Hall–Kier alpha value is -4.38. The average Bonchev–Trinajstić information content (AvgIpc) is 3.58. The molecule has 4 aromatic rings. The number of amides is 2. The number of aromatic hydroxyl groups is 1.